The number of amides is 3. The number of hydrogen-bond donors (Lipinski definition) is 1. The smallest absolute Gasteiger partial charge is 0.341 e. The van der Waals surface area contributed by atoms with Crippen LogP contribution in [0.25, 0.3) is 0 Å². The van der Waals surface area contributed by atoms with Crippen LogP contribution in [0.15, 0.2) is 29.3 Å². The molecule has 2 unspecified atom stereocenters. The monoisotopic (exact) mass is 385 g/mol. The number of urea groups is 1. The van der Waals surface area contributed by atoms with Gasteiger partial charge in [0, 0.05) is 18.8 Å². The highest BCUT2D eigenvalue weighted by Gasteiger charge is 2.39. The van der Waals surface area contributed by atoms with Gasteiger partial charge in [0.15, 0.2) is 6.61 Å². The fourth-order valence-electron chi connectivity index (χ4n) is 3.81. The zero-order valence-electron chi connectivity index (χ0n) is 16.4. The second-order valence-electron chi connectivity index (χ2n) is 7.32. The van der Waals surface area contributed by atoms with E-state index in [-0.39, 0.29) is 12.5 Å². The van der Waals surface area contributed by atoms with Gasteiger partial charge in [-0.1, -0.05) is 36.8 Å². The van der Waals surface area contributed by atoms with Crippen LogP contribution in [0.5, 0.6) is 0 Å². The second kappa shape index (κ2) is 8.99. The van der Waals surface area contributed by atoms with Crippen molar-refractivity contribution < 1.29 is 19.1 Å². The third-order valence-electron chi connectivity index (χ3n) is 5.28. The van der Waals surface area contributed by atoms with Crippen LogP contribution in [-0.4, -0.2) is 48.2 Å². The Hall–Kier alpha value is -2.70. The summed E-state index contributed by atoms with van der Waals surface area (Å²) in [5.74, 6) is -1.44. The Morgan fingerprint density at radius 1 is 1.25 bits per heavy atom. The largest absolute Gasteiger partial charge is 0.455 e. The van der Waals surface area contributed by atoms with Gasteiger partial charge in [0.1, 0.15) is 5.92 Å². The molecule has 1 aromatic rings. The lowest BCUT2D eigenvalue weighted by Gasteiger charge is -2.31. The minimum atomic E-state index is -0.737. The quantitative estimate of drug-likeness (QED) is 0.790. The average molecular weight is 385 g/mol. The molecule has 150 valence electrons. The number of nitrogens with zero attached hydrogens (tertiary/aromatic N) is 2. The van der Waals surface area contributed by atoms with E-state index in [2.05, 4.69) is 10.3 Å². The first-order chi connectivity index (χ1) is 13.5. The number of nitrogens with one attached hydrogen (secondary N) is 1. The molecule has 0 saturated carbocycles. The van der Waals surface area contributed by atoms with Crippen LogP contribution in [-0.2, 0) is 14.3 Å². The summed E-state index contributed by atoms with van der Waals surface area (Å²) in [6.07, 6.45) is 3.54. The summed E-state index contributed by atoms with van der Waals surface area (Å²) in [4.78, 5) is 43.0. The third-order valence-corrected chi connectivity index (χ3v) is 5.28. The molecule has 7 heteroatoms. The summed E-state index contributed by atoms with van der Waals surface area (Å²) < 4.78 is 5.38. The Kier molecular flexibility index (Phi) is 6.44. The van der Waals surface area contributed by atoms with E-state index in [1.165, 1.54) is 0 Å². The highest BCUT2D eigenvalue weighted by Crippen LogP contribution is 2.29. The highest BCUT2D eigenvalue weighted by atomic mass is 16.5. The summed E-state index contributed by atoms with van der Waals surface area (Å²) in [6.45, 7) is 4.95. The van der Waals surface area contributed by atoms with Crippen molar-refractivity contribution in [3.63, 3.8) is 0 Å². The minimum absolute atomic E-state index is 0.171. The molecule has 3 rings (SSSR count). The molecule has 2 aliphatic rings. The number of benzene rings is 1. The van der Waals surface area contributed by atoms with E-state index in [9.17, 15) is 14.4 Å². The molecule has 1 saturated heterocycles. The molecule has 1 fully saturated rings. The van der Waals surface area contributed by atoms with E-state index in [1.54, 1.807) is 4.90 Å². The maximum absolute atomic E-state index is 12.9. The Labute approximate surface area is 165 Å². The van der Waals surface area contributed by atoms with Gasteiger partial charge in [0.25, 0.3) is 5.91 Å². The van der Waals surface area contributed by atoms with Crippen molar-refractivity contribution in [3.05, 3.63) is 35.4 Å². The van der Waals surface area contributed by atoms with Gasteiger partial charge in [-0.25, -0.2) is 9.79 Å². The normalized spacial score (nSPS) is 22.3. The first kappa shape index (κ1) is 20.0. The van der Waals surface area contributed by atoms with Gasteiger partial charge in [-0.3, -0.25) is 9.59 Å². The number of esters is 1. The van der Waals surface area contributed by atoms with Crippen molar-refractivity contribution in [2.24, 2.45) is 10.9 Å². The van der Waals surface area contributed by atoms with Gasteiger partial charge < -0.3 is 15.0 Å². The van der Waals surface area contributed by atoms with Gasteiger partial charge >= 0.3 is 12.0 Å². The maximum Gasteiger partial charge on any atom is 0.341 e. The molecular weight excluding hydrogens is 358 g/mol. The lowest BCUT2D eigenvalue weighted by Crippen LogP contribution is -2.46. The Balaban J connectivity index is 1.76. The van der Waals surface area contributed by atoms with Gasteiger partial charge in [-0.05, 0) is 38.2 Å². The summed E-state index contributed by atoms with van der Waals surface area (Å²) in [6, 6.07) is 6.62. The zero-order chi connectivity index (χ0) is 20.1. The summed E-state index contributed by atoms with van der Waals surface area (Å²) in [5, 5.41) is 2.78. The van der Waals surface area contributed by atoms with E-state index < -0.39 is 24.0 Å². The molecule has 0 radical (unpaired) electrons. The van der Waals surface area contributed by atoms with Crippen molar-refractivity contribution >= 4 is 23.6 Å². The van der Waals surface area contributed by atoms with E-state index in [4.69, 9.17) is 4.74 Å². The van der Waals surface area contributed by atoms with E-state index in [0.717, 1.165) is 30.4 Å². The number of ether oxygens (including phenoxy) is 1. The zero-order valence-corrected chi connectivity index (χ0v) is 16.4. The van der Waals surface area contributed by atoms with Crippen LogP contribution in [0, 0.1) is 12.8 Å². The van der Waals surface area contributed by atoms with Gasteiger partial charge in [-0.15, -0.1) is 0 Å². The van der Waals surface area contributed by atoms with Crippen molar-refractivity contribution in [2.45, 2.75) is 45.6 Å². The van der Waals surface area contributed by atoms with Crippen molar-refractivity contribution in [3.8, 4) is 0 Å². The number of carbonyl (C=O) groups excluding carboxylic acids is 3. The van der Waals surface area contributed by atoms with Crippen molar-refractivity contribution in [1.29, 1.82) is 0 Å². The molecule has 2 atom stereocenters. The molecule has 2 heterocycles. The number of likely N-dealkylation sites (tertiary alicyclic amines) is 1. The fourth-order valence-corrected chi connectivity index (χ4v) is 3.81. The van der Waals surface area contributed by atoms with Crippen LogP contribution in [0.2, 0.25) is 0 Å². The summed E-state index contributed by atoms with van der Waals surface area (Å²) in [5.41, 5.74) is 2.32. The molecule has 0 spiro atoms. The van der Waals surface area contributed by atoms with E-state index in [0.29, 0.717) is 25.2 Å². The van der Waals surface area contributed by atoms with Crippen LogP contribution in [0.1, 0.15) is 49.8 Å². The number of aliphatic imine (C=N–C) groups is 1. The molecule has 1 aromatic carbocycles. The first-order valence-corrected chi connectivity index (χ1v) is 9.88. The molecule has 3 amide bonds. The first-order valence-electron chi connectivity index (χ1n) is 9.88. The molecule has 0 aliphatic carbocycles. The predicted molar refractivity (Wildman–Crippen MR) is 105 cm³/mol. The minimum Gasteiger partial charge on any atom is -0.455 e. The van der Waals surface area contributed by atoms with E-state index in [1.807, 2.05) is 38.1 Å². The topological polar surface area (TPSA) is 88.1 Å². The van der Waals surface area contributed by atoms with Crippen LogP contribution in [0.3, 0.4) is 0 Å². The molecule has 28 heavy (non-hydrogen) atoms. The number of hydrogen-bond acceptors (Lipinski definition) is 4. The Morgan fingerprint density at radius 3 is 2.68 bits per heavy atom. The highest BCUT2D eigenvalue weighted by molar-refractivity contribution is 6.09. The molecule has 7 nitrogen and oxygen atoms in total. The molecule has 1 N–H and O–H groups in total. The lowest BCUT2D eigenvalue weighted by atomic mass is 9.86. The van der Waals surface area contributed by atoms with Crippen LogP contribution < -0.4 is 5.32 Å². The predicted octanol–water partition coefficient (Wildman–Crippen LogP) is 2.78. The molecule has 0 bridgehead atoms. The molecular formula is C21H27N3O4. The van der Waals surface area contributed by atoms with Crippen molar-refractivity contribution in [2.75, 3.05) is 19.7 Å². The Bertz CT molecular complexity index is 784. The molecule has 0 aromatic heterocycles. The van der Waals surface area contributed by atoms with Gasteiger partial charge in [0.05, 0.1) is 6.04 Å². The van der Waals surface area contributed by atoms with Crippen molar-refractivity contribution in [1.82, 2.24) is 10.2 Å². The molecule has 2 aliphatic heterocycles. The van der Waals surface area contributed by atoms with Gasteiger partial charge in [0.2, 0.25) is 0 Å². The third kappa shape index (κ3) is 4.58. The van der Waals surface area contributed by atoms with Gasteiger partial charge in [-0.2, -0.15) is 0 Å². The number of aryl methyl sites for hydroxylation is 1. The number of piperidine rings is 1. The van der Waals surface area contributed by atoms with Crippen LogP contribution >= 0.6 is 0 Å². The number of carbonyl (C=O) groups is 3. The van der Waals surface area contributed by atoms with E-state index >= 15 is 0 Å². The SMILES string of the molecule is CCC1=NC(=O)NC(c2cccc(C)c2)C1C(=O)OCC(=O)N1CCCCC1. The average Bonchev–Trinajstić information content (AvgIpc) is 2.71. The standard InChI is InChI=1S/C21H27N3O4/c1-3-16-18(20(26)28-13-17(25)24-10-5-4-6-11-24)19(23-21(27)22-16)15-9-7-8-14(2)12-15/h7-9,12,18-19H,3-6,10-11,13H2,1-2H3,(H,23,27). The summed E-state index contributed by atoms with van der Waals surface area (Å²) in [7, 11) is 0. The Morgan fingerprint density at radius 2 is 2.00 bits per heavy atom. The maximum atomic E-state index is 12.9. The van der Waals surface area contributed by atoms with Crippen LogP contribution in [0.4, 0.5) is 4.79 Å². The second-order valence-corrected chi connectivity index (χ2v) is 7.32. The summed E-state index contributed by atoms with van der Waals surface area (Å²) >= 11 is 0. The fraction of sp³-hybridized carbons (Fsp3) is 0.524. The number of rotatable bonds is 5. The lowest BCUT2D eigenvalue weighted by molar-refractivity contribution is -0.154.